The molecule has 2 saturated heterocycles. The van der Waals surface area contributed by atoms with Crippen molar-refractivity contribution >= 4 is 12.0 Å². The van der Waals surface area contributed by atoms with Crippen LogP contribution in [0.1, 0.15) is 91.0 Å². The van der Waals surface area contributed by atoms with Crippen LogP contribution in [-0.4, -0.2) is 55.0 Å². The Morgan fingerprint density at radius 1 is 1.02 bits per heavy atom. The number of carbonyl (C=O) groups is 1. The van der Waals surface area contributed by atoms with Crippen LogP contribution in [0.2, 0.25) is 0 Å². The number of allylic oxidation sites excluding steroid dienone is 2. The van der Waals surface area contributed by atoms with E-state index in [0.717, 1.165) is 49.3 Å². The van der Waals surface area contributed by atoms with Gasteiger partial charge in [-0.1, -0.05) is 45.4 Å². The summed E-state index contributed by atoms with van der Waals surface area (Å²) in [5, 5.41) is 18.7. The Labute approximate surface area is 269 Å². The molecule has 0 amide bonds. The van der Waals surface area contributed by atoms with Crippen molar-refractivity contribution in [2.45, 2.75) is 103 Å². The fraction of sp³-hybridized carbons (Fsp3) is 0.711. The van der Waals surface area contributed by atoms with Crippen molar-refractivity contribution in [3.05, 3.63) is 41.5 Å². The van der Waals surface area contributed by atoms with E-state index in [1.165, 1.54) is 51.7 Å². The van der Waals surface area contributed by atoms with Crippen molar-refractivity contribution < 1.29 is 34.0 Å². The predicted octanol–water partition coefficient (Wildman–Crippen LogP) is 7.52. The average Bonchev–Trinajstić information content (AvgIpc) is 3.47. The maximum Gasteiger partial charge on any atom is 0.328 e. The number of aliphatic hydroxyl groups is 1. The second-order valence-electron chi connectivity index (χ2n) is 15.5. The number of methoxy groups -OCH3 is 2. The molecule has 4 aliphatic carbocycles. The van der Waals surface area contributed by atoms with Gasteiger partial charge in [-0.15, -0.1) is 0 Å². The van der Waals surface area contributed by atoms with E-state index in [-0.39, 0.29) is 11.9 Å². The second-order valence-corrected chi connectivity index (χ2v) is 15.5. The van der Waals surface area contributed by atoms with Gasteiger partial charge in [0.1, 0.15) is 0 Å². The summed E-state index contributed by atoms with van der Waals surface area (Å²) in [6.45, 7) is 10.7. The first-order chi connectivity index (χ1) is 21.4. The third-order valence-corrected chi connectivity index (χ3v) is 13.1. The minimum absolute atomic E-state index is 0.0661. The van der Waals surface area contributed by atoms with Gasteiger partial charge in [-0.05, 0) is 116 Å². The lowest BCUT2D eigenvalue weighted by Crippen LogP contribution is -2.50. The number of aliphatic carboxylic acids is 1. The number of hydrogen-bond acceptors (Lipinski definition) is 6. The second kappa shape index (κ2) is 12.4. The summed E-state index contributed by atoms with van der Waals surface area (Å²) < 4.78 is 23.5. The molecule has 2 N–H and O–H groups in total. The maximum absolute atomic E-state index is 10.3. The Balaban J connectivity index is 0.000000202. The number of rotatable bonds is 4. The SMILES string of the molecule is CC1CCC2(OC1)OC1CC3C4CCC5CC(O)CCC5(C)C4=CCC3(C)C1C2C.COc1ccc(C=CC(=O)O)cc1OC. The molecule has 45 heavy (non-hydrogen) atoms. The van der Waals surface area contributed by atoms with Crippen LogP contribution in [0.25, 0.3) is 6.08 Å². The molecule has 1 aromatic carbocycles. The molecule has 248 valence electrons. The van der Waals surface area contributed by atoms with Gasteiger partial charge in [0, 0.05) is 18.4 Å². The zero-order chi connectivity index (χ0) is 32.1. The van der Waals surface area contributed by atoms with Crippen LogP contribution < -0.4 is 9.47 Å². The normalized spacial score (nSPS) is 43.3. The summed E-state index contributed by atoms with van der Waals surface area (Å²) in [7, 11) is 3.08. The zero-order valence-corrected chi connectivity index (χ0v) is 28.1. The molecule has 7 heteroatoms. The molecule has 1 aromatic rings. The van der Waals surface area contributed by atoms with E-state index in [0.29, 0.717) is 52.1 Å². The van der Waals surface area contributed by atoms with Crippen LogP contribution in [0.5, 0.6) is 11.5 Å². The Morgan fingerprint density at radius 2 is 1.80 bits per heavy atom. The number of benzene rings is 1. The maximum atomic E-state index is 10.3. The monoisotopic (exact) mass is 622 g/mol. The summed E-state index contributed by atoms with van der Waals surface area (Å²) in [5.41, 5.74) is 3.21. The van der Waals surface area contributed by atoms with Gasteiger partial charge in [0.2, 0.25) is 0 Å². The summed E-state index contributed by atoms with van der Waals surface area (Å²) in [5.74, 6) is 3.89. The lowest BCUT2D eigenvalue weighted by Gasteiger charge is -2.57. The van der Waals surface area contributed by atoms with Gasteiger partial charge >= 0.3 is 5.97 Å². The third kappa shape index (κ3) is 5.65. The Hall–Kier alpha value is -2.35. The van der Waals surface area contributed by atoms with Gasteiger partial charge in [-0.3, -0.25) is 0 Å². The quantitative estimate of drug-likeness (QED) is 0.265. The van der Waals surface area contributed by atoms with E-state index >= 15 is 0 Å². The molecular weight excluding hydrogens is 568 g/mol. The molecule has 2 aliphatic heterocycles. The van der Waals surface area contributed by atoms with Crippen LogP contribution in [-0.2, 0) is 14.3 Å². The third-order valence-electron chi connectivity index (χ3n) is 13.1. The fourth-order valence-corrected chi connectivity index (χ4v) is 10.6. The molecule has 0 radical (unpaired) electrons. The molecule has 3 saturated carbocycles. The van der Waals surface area contributed by atoms with E-state index in [1.54, 1.807) is 30.9 Å². The van der Waals surface area contributed by atoms with Crippen LogP contribution >= 0.6 is 0 Å². The molecule has 0 aromatic heterocycles. The number of carboxylic acids is 1. The van der Waals surface area contributed by atoms with Crippen LogP contribution in [0.3, 0.4) is 0 Å². The smallest absolute Gasteiger partial charge is 0.328 e. The minimum Gasteiger partial charge on any atom is -0.493 e. The van der Waals surface area contributed by atoms with Crippen LogP contribution in [0.15, 0.2) is 35.9 Å². The van der Waals surface area contributed by atoms with Crippen molar-refractivity contribution in [2.24, 2.45) is 46.3 Å². The van der Waals surface area contributed by atoms with E-state index in [9.17, 15) is 9.90 Å². The highest BCUT2D eigenvalue weighted by Gasteiger charge is 2.67. The van der Waals surface area contributed by atoms with Crippen molar-refractivity contribution in [2.75, 3.05) is 20.8 Å². The van der Waals surface area contributed by atoms with Crippen molar-refractivity contribution in [1.82, 2.24) is 0 Å². The average molecular weight is 623 g/mol. The molecule has 11 unspecified atom stereocenters. The molecule has 7 nitrogen and oxygen atoms in total. The van der Waals surface area contributed by atoms with Crippen LogP contribution in [0, 0.1) is 46.3 Å². The Bertz CT molecular complexity index is 1310. The molecule has 0 bridgehead atoms. The summed E-state index contributed by atoms with van der Waals surface area (Å²) in [6, 6.07) is 5.18. The van der Waals surface area contributed by atoms with E-state index in [1.807, 2.05) is 0 Å². The Morgan fingerprint density at radius 3 is 2.49 bits per heavy atom. The number of fused-ring (bicyclic) bond motifs is 7. The van der Waals surface area contributed by atoms with Crippen molar-refractivity contribution in [3.8, 4) is 11.5 Å². The van der Waals surface area contributed by atoms with Crippen molar-refractivity contribution in [3.63, 3.8) is 0 Å². The molecule has 1 spiro atoms. The topological polar surface area (TPSA) is 94.5 Å². The first-order valence-electron chi connectivity index (χ1n) is 17.3. The fourth-order valence-electron chi connectivity index (χ4n) is 10.6. The summed E-state index contributed by atoms with van der Waals surface area (Å²) >= 11 is 0. The first kappa shape index (κ1) is 32.6. The van der Waals surface area contributed by atoms with Crippen LogP contribution in [0.4, 0.5) is 0 Å². The minimum atomic E-state index is -0.982. The van der Waals surface area contributed by atoms with Gasteiger partial charge in [-0.25, -0.2) is 4.79 Å². The summed E-state index contributed by atoms with van der Waals surface area (Å²) in [6.07, 6.45) is 16.2. The molecule has 6 aliphatic rings. The number of carboxylic acid groups (broad SMARTS) is 1. The first-order valence-corrected chi connectivity index (χ1v) is 17.3. The van der Waals surface area contributed by atoms with Gasteiger partial charge in [-0.2, -0.15) is 0 Å². The molecule has 5 fully saturated rings. The van der Waals surface area contributed by atoms with Gasteiger partial charge in [0.05, 0.1) is 33.0 Å². The highest BCUT2D eigenvalue weighted by molar-refractivity contribution is 5.85. The number of ether oxygens (including phenoxy) is 4. The lowest BCUT2D eigenvalue weighted by molar-refractivity contribution is -0.272. The van der Waals surface area contributed by atoms with E-state index in [4.69, 9.17) is 24.1 Å². The summed E-state index contributed by atoms with van der Waals surface area (Å²) in [4.78, 5) is 10.3. The standard InChI is InChI=1S/C27H42O3.C11H12O4/c1-16-7-12-27(29-15-16)17(2)24-23(30-27)14-22-20-6-5-18-13-19(28)8-10-25(18,3)21(20)9-11-26(22,24)4;1-14-9-5-3-8(4-6-11(12)13)7-10(9)15-2/h9,16-20,22-24,28H,5-8,10-15H2,1-4H3;3-7H,1-2H3,(H,12,13). The van der Waals surface area contributed by atoms with E-state index in [2.05, 4.69) is 33.8 Å². The Kier molecular flexibility index (Phi) is 8.94. The number of hydrogen-bond donors (Lipinski definition) is 2. The lowest BCUT2D eigenvalue weighted by atomic mass is 9.48. The van der Waals surface area contributed by atoms with Gasteiger partial charge in [0.25, 0.3) is 0 Å². The largest absolute Gasteiger partial charge is 0.493 e. The molecular formula is C38H54O7. The zero-order valence-electron chi connectivity index (χ0n) is 28.1. The highest BCUT2D eigenvalue weighted by Crippen LogP contribution is 2.69. The van der Waals surface area contributed by atoms with Gasteiger partial charge in [0.15, 0.2) is 17.3 Å². The molecule has 7 rings (SSSR count). The van der Waals surface area contributed by atoms with Gasteiger partial charge < -0.3 is 29.2 Å². The highest BCUT2D eigenvalue weighted by atomic mass is 16.7. The molecule has 2 heterocycles. The van der Waals surface area contributed by atoms with Crippen molar-refractivity contribution in [1.29, 1.82) is 0 Å². The van der Waals surface area contributed by atoms with E-state index < -0.39 is 5.97 Å². The number of aliphatic hydroxyl groups excluding tert-OH is 1. The molecule has 11 atom stereocenters. The predicted molar refractivity (Wildman–Crippen MR) is 174 cm³/mol.